The summed E-state index contributed by atoms with van der Waals surface area (Å²) in [5.41, 5.74) is 0.827. The average molecular weight is 307 g/mol. The van der Waals surface area contributed by atoms with Crippen LogP contribution in [-0.4, -0.2) is 30.6 Å². The lowest BCUT2D eigenvalue weighted by Gasteiger charge is -2.17. The second kappa shape index (κ2) is 9.07. The second-order valence-corrected chi connectivity index (χ2v) is 5.49. The third kappa shape index (κ3) is 5.39. The van der Waals surface area contributed by atoms with Gasteiger partial charge in [0.15, 0.2) is 0 Å². The maximum absolute atomic E-state index is 11.9. The minimum Gasteiger partial charge on any atom is -0.496 e. The number of carboxylic acid groups (broad SMARTS) is 1. The number of benzene rings is 1. The second-order valence-electron chi connectivity index (χ2n) is 5.49. The molecule has 0 saturated carbocycles. The van der Waals surface area contributed by atoms with E-state index in [1.165, 1.54) is 0 Å². The highest BCUT2D eigenvalue weighted by Gasteiger charge is 2.21. The minimum atomic E-state index is -0.922. The fourth-order valence-corrected chi connectivity index (χ4v) is 2.35. The Hall–Kier alpha value is -2.04. The Morgan fingerprint density at radius 1 is 1.32 bits per heavy atom. The third-order valence-electron chi connectivity index (χ3n) is 3.70. The average Bonchev–Trinajstić information content (AvgIpc) is 2.51. The number of amides is 1. The monoisotopic (exact) mass is 307 g/mol. The van der Waals surface area contributed by atoms with E-state index < -0.39 is 11.9 Å². The first-order chi connectivity index (χ1) is 10.5. The molecule has 0 saturated heterocycles. The normalized spacial score (nSPS) is 13.2. The Kier molecular flexibility index (Phi) is 7.43. The number of nitrogens with one attached hydrogen (secondary N) is 1. The van der Waals surface area contributed by atoms with Crippen molar-refractivity contribution in [2.24, 2.45) is 11.8 Å². The highest BCUT2D eigenvalue weighted by molar-refractivity contribution is 5.79. The van der Waals surface area contributed by atoms with E-state index in [9.17, 15) is 14.7 Å². The number of aliphatic carboxylic acids is 1. The van der Waals surface area contributed by atoms with Crippen LogP contribution in [0.1, 0.15) is 32.3 Å². The van der Waals surface area contributed by atoms with E-state index in [2.05, 4.69) is 5.32 Å². The topological polar surface area (TPSA) is 75.6 Å². The van der Waals surface area contributed by atoms with Gasteiger partial charge >= 0.3 is 5.97 Å². The van der Waals surface area contributed by atoms with Crippen LogP contribution in [0, 0.1) is 11.8 Å². The standard InChI is InChI=1S/C17H25NO4/c1-4-7-12(2)16(19)18-11-14(17(20)21)10-13-8-5-6-9-15(13)22-3/h5-6,8-9,12,14H,4,7,10-11H2,1-3H3,(H,18,19)(H,20,21)/t12-,14-/m1/s1. The van der Waals surface area contributed by atoms with Crippen molar-refractivity contribution in [3.8, 4) is 5.75 Å². The lowest BCUT2D eigenvalue weighted by atomic mass is 9.98. The summed E-state index contributed by atoms with van der Waals surface area (Å²) in [7, 11) is 1.56. The van der Waals surface area contributed by atoms with Gasteiger partial charge in [0, 0.05) is 12.5 Å². The van der Waals surface area contributed by atoms with Crippen LogP contribution < -0.4 is 10.1 Å². The molecule has 0 spiro atoms. The van der Waals surface area contributed by atoms with Gasteiger partial charge in [-0.1, -0.05) is 38.5 Å². The summed E-state index contributed by atoms with van der Waals surface area (Å²) in [6.07, 6.45) is 2.05. The summed E-state index contributed by atoms with van der Waals surface area (Å²) >= 11 is 0. The molecule has 0 unspecified atom stereocenters. The largest absolute Gasteiger partial charge is 0.496 e. The van der Waals surface area contributed by atoms with Crippen LogP contribution in [0.15, 0.2) is 24.3 Å². The summed E-state index contributed by atoms with van der Waals surface area (Å²) in [6.45, 7) is 4.00. The lowest BCUT2D eigenvalue weighted by Crippen LogP contribution is -2.36. The summed E-state index contributed by atoms with van der Waals surface area (Å²) < 4.78 is 5.24. The van der Waals surface area contributed by atoms with E-state index in [4.69, 9.17) is 4.74 Å². The van der Waals surface area contributed by atoms with Gasteiger partial charge in [0.05, 0.1) is 13.0 Å². The third-order valence-corrected chi connectivity index (χ3v) is 3.70. The van der Waals surface area contributed by atoms with Crippen molar-refractivity contribution >= 4 is 11.9 Å². The zero-order valence-corrected chi connectivity index (χ0v) is 13.5. The van der Waals surface area contributed by atoms with Gasteiger partial charge in [-0.15, -0.1) is 0 Å². The summed E-state index contributed by atoms with van der Waals surface area (Å²) in [5, 5.41) is 12.1. The molecule has 1 rings (SSSR count). The van der Waals surface area contributed by atoms with Crippen molar-refractivity contribution in [3.63, 3.8) is 0 Å². The van der Waals surface area contributed by atoms with E-state index in [1.807, 2.05) is 32.0 Å². The zero-order chi connectivity index (χ0) is 16.5. The molecule has 0 bridgehead atoms. The number of methoxy groups -OCH3 is 1. The molecule has 22 heavy (non-hydrogen) atoms. The number of para-hydroxylation sites is 1. The van der Waals surface area contributed by atoms with E-state index >= 15 is 0 Å². The summed E-state index contributed by atoms with van der Waals surface area (Å²) in [6, 6.07) is 7.33. The Bertz CT molecular complexity index is 501. The van der Waals surface area contributed by atoms with Crippen molar-refractivity contribution in [1.82, 2.24) is 5.32 Å². The molecule has 1 aromatic rings. The molecule has 0 aliphatic heterocycles. The van der Waals surface area contributed by atoms with Gasteiger partial charge in [-0.3, -0.25) is 9.59 Å². The number of hydrogen-bond donors (Lipinski definition) is 2. The Balaban J connectivity index is 2.67. The number of carbonyl (C=O) groups is 2. The first kappa shape index (κ1) is 18.0. The van der Waals surface area contributed by atoms with Gasteiger partial charge in [-0.05, 0) is 24.5 Å². The van der Waals surface area contributed by atoms with Crippen LogP contribution in [0.3, 0.4) is 0 Å². The van der Waals surface area contributed by atoms with Crippen molar-refractivity contribution in [2.75, 3.05) is 13.7 Å². The Labute approximate surface area is 131 Å². The van der Waals surface area contributed by atoms with Gasteiger partial charge < -0.3 is 15.2 Å². The molecule has 2 atom stereocenters. The lowest BCUT2D eigenvalue weighted by molar-refractivity contribution is -0.141. The number of carbonyl (C=O) groups excluding carboxylic acids is 1. The first-order valence-corrected chi connectivity index (χ1v) is 7.62. The van der Waals surface area contributed by atoms with Gasteiger partial charge in [-0.2, -0.15) is 0 Å². The molecule has 2 N–H and O–H groups in total. The summed E-state index contributed by atoms with van der Waals surface area (Å²) in [4.78, 5) is 23.3. The quantitative estimate of drug-likeness (QED) is 0.735. The van der Waals surface area contributed by atoms with E-state index in [0.717, 1.165) is 18.4 Å². The minimum absolute atomic E-state index is 0.0897. The number of rotatable bonds is 9. The fraction of sp³-hybridized carbons (Fsp3) is 0.529. The van der Waals surface area contributed by atoms with Crippen LogP contribution >= 0.6 is 0 Å². The highest BCUT2D eigenvalue weighted by Crippen LogP contribution is 2.21. The van der Waals surface area contributed by atoms with Gasteiger partial charge in [-0.25, -0.2) is 0 Å². The van der Waals surface area contributed by atoms with Crippen LogP contribution in [0.25, 0.3) is 0 Å². The van der Waals surface area contributed by atoms with E-state index in [1.54, 1.807) is 13.2 Å². The van der Waals surface area contributed by atoms with Crippen molar-refractivity contribution in [3.05, 3.63) is 29.8 Å². The Morgan fingerprint density at radius 2 is 2.00 bits per heavy atom. The van der Waals surface area contributed by atoms with Crippen molar-refractivity contribution in [2.45, 2.75) is 33.1 Å². The fourth-order valence-electron chi connectivity index (χ4n) is 2.35. The smallest absolute Gasteiger partial charge is 0.308 e. The van der Waals surface area contributed by atoms with Gasteiger partial charge in [0.25, 0.3) is 0 Å². The van der Waals surface area contributed by atoms with Crippen LogP contribution in [0.2, 0.25) is 0 Å². The van der Waals surface area contributed by atoms with Crippen molar-refractivity contribution in [1.29, 1.82) is 0 Å². The maximum Gasteiger partial charge on any atom is 0.308 e. The van der Waals surface area contributed by atoms with Crippen molar-refractivity contribution < 1.29 is 19.4 Å². The van der Waals surface area contributed by atoms with Crippen LogP contribution in [0.4, 0.5) is 0 Å². The Morgan fingerprint density at radius 3 is 2.59 bits per heavy atom. The molecule has 1 amide bonds. The predicted octanol–water partition coefficient (Wildman–Crippen LogP) is 2.49. The van der Waals surface area contributed by atoms with E-state index in [-0.39, 0.29) is 18.4 Å². The molecule has 0 fully saturated rings. The van der Waals surface area contributed by atoms with Crippen LogP contribution in [-0.2, 0) is 16.0 Å². The number of hydrogen-bond acceptors (Lipinski definition) is 3. The van der Waals surface area contributed by atoms with Gasteiger partial charge in [0.2, 0.25) is 5.91 Å². The molecule has 5 nitrogen and oxygen atoms in total. The van der Waals surface area contributed by atoms with Gasteiger partial charge in [0.1, 0.15) is 5.75 Å². The number of carboxylic acids is 1. The molecular weight excluding hydrogens is 282 g/mol. The molecule has 0 radical (unpaired) electrons. The molecule has 1 aromatic carbocycles. The maximum atomic E-state index is 11.9. The summed E-state index contributed by atoms with van der Waals surface area (Å²) in [5.74, 6) is -1.11. The zero-order valence-electron chi connectivity index (χ0n) is 13.5. The number of ether oxygens (including phenoxy) is 1. The predicted molar refractivity (Wildman–Crippen MR) is 84.9 cm³/mol. The van der Waals surface area contributed by atoms with E-state index in [0.29, 0.717) is 12.2 Å². The molecule has 0 aliphatic carbocycles. The SMILES string of the molecule is CCC[C@@H](C)C(=O)NC[C@@H](Cc1ccccc1OC)C(=O)O. The molecule has 5 heteroatoms. The molecular formula is C17H25NO4. The molecule has 0 aliphatic rings. The molecule has 0 aromatic heterocycles. The van der Waals surface area contributed by atoms with Crippen LogP contribution in [0.5, 0.6) is 5.75 Å². The molecule has 122 valence electrons. The molecule has 0 heterocycles. The first-order valence-electron chi connectivity index (χ1n) is 7.62. The highest BCUT2D eigenvalue weighted by atomic mass is 16.5.